The van der Waals surface area contributed by atoms with Crippen molar-refractivity contribution in [2.24, 2.45) is 5.14 Å². The zero-order valence-corrected chi connectivity index (χ0v) is 17.1. The summed E-state index contributed by atoms with van der Waals surface area (Å²) in [5.41, 5.74) is 3.15. The maximum atomic E-state index is 12.2. The van der Waals surface area contributed by atoms with Crippen LogP contribution in [0.3, 0.4) is 0 Å². The van der Waals surface area contributed by atoms with Crippen molar-refractivity contribution >= 4 is 27.6 Å². The van der Waals surface area contributed by atoms with Crippen molar-refractivity contribution in [1.82, 2.24) is 9.78 Å². The molecule has 0 saturated heterocycles. The summed E-state index contributed by atoms with van der Waals surface area (Å²) in [5.74, 6) is -1.28. The molecule has 0 saturated carbocycles. The van der Waals surface area contributed by atoms with Gasteiger partial charge in [-0.25, -0.2) is 23.0 Å². The number of ether oxygens (including phenoxy) is 1. The number of nitrogens with one attached hydrogen (secondary N) is 1. The van der Waals surface area contributed by atoms with E-state index in [0.717, 1.165) is 17.1 Å². The molecule has 0 bridgehead atoms. The molecule has 30 heavy (non-hydrogen) atoms. The Bertz CT molecular complexity index is 1200. The van der Waals surface area contributed by atoms with Gasteiger partial charge in [0, 0.05) is 11.4 Å². The fraction of sp³-hybridized carbons (Fsp3) is 0.150. The molecule has 1 aromatic heterocycles. The number of carbonyl (C=O) groups excluding carboxylic acids is 2. The minimum atomic E-state index is -3.89. The maximum Gasteiger partial charge on any atom is 0.338 e. The summed E-state index contributed by atoms with van der Waals surface area (Å²) >= 11 is 0. The van der Waals surface area contributed by atoms with Crippen LogP contribution < -0.4 is 10.5 Å². The molecule has 0 fully saturated rings. The van der Waals surface area contributed by atoms with E-state index in [1.54, 1.807) is 28.9 Å². The van der Waals surface area contributed by atoms with Gasteiger partial charge in [0.2, 0.25) is 10.0 Å². The van der Waals surface area contributed by atoms with Gasteiger partial charge in [-0.2, -0.15) is 5.10 Å². The first kappa shape index (κ1) is 21.2. The van der Waals surface area contributed by atoms with Crippen LogP contribution in [0, 0.1) is 13.8 Å². The summed E-state index contributed by atoms with van der Waals surface area (Å²) in [6.45, 7) is 3.29. The van der Waals surface area contributed by atoms with E-state index in [-0.39, 0.29) is 16.1 Å². The molecule has 3 N–H and O–H groups in total. The molecule has 0 aliphatic rings. The smallest absolute Gasteiger partial charge is 0.338 e. The average Bonchev–Trinajstić information content (AvgIpc) is 3.04. The second-order valence-electron chi connectivity index (χ2n) is 6.58. The Labute approximate surface area is 173 Å². The number of aryl methyl sites for hydroxylation is 2. The normalized spacial score (nSPS) is 11.2. The molecule has 0 aliphatic heterocycles. The largest absolute Gasteiger partial charge is 0.452 e. The number of nitrogens with two attached hydrogens (primary N) is 1. The van der Waals surface area contributed by atoms with Crippen molar-refractivity contribution in [3.8, 4) is 5.69 Å². The van der Waals surface area contributed by atoms with E-state index in [4.69, 9.17) is 9.88 Å². The molecular formula is C20H20N4O5S. The van der Waals surface area contributed by atoms with E-state index in [0.29, 0.717) is 0 Å². The quantitative estimate of drug-likeness (QED) is 0.576. The van der Waals surface area contributed by atoms with E-state index >= 15 is 0 Å². The predicted molar refractivity (Wildman–Crippen MR) is 110 cm³/mol. The van der Waals surface area contributed by atoms with Gasteiger partial charge in [0.25, 0.3) is 5.91 Å². The molecule has 0 unspecified atom stereocenters. The van der Waals surface area contributed by atoms with Crippen LogP contribution in [0.4, 0.5) is 5.69 Å². The number of anilines is 1. The van der Waals surface area contributed by atoms with Crippen LogP contribution in [0.5, 0.6) is 0 Å². The molecular weight excluding hydrogens is 408 g/mol. The van der Waals surface area contributed by atoms with E-state index < -0.39 is 28.5 Å². The van der Waals surface area contributed by atoms with E-state index in [1.807, 2.05) is 19.9 Å². The molecule has 156 valence electrons. The minimum Gasteiger partial charge on any atom is -0.452 e. The van der Waals surface area contributed by atoms with E-state index in [2.05, 4.69) is 10.4 Å². The number of hydrogen-bond acceptors (Lipinski definition) is 6. The summed E-state index contributed by atoms with van der Waals surface area (Å²) in [4.78, 5) is 24.1. The number of carbonyl (C=O) groups is 2. The number of benzene rings is 2. The standard InChI is InChI=1S/C20H20N4O5S/c1-13-10-14(2)24(23-13)17-8-6-15(7-9-17)20(26)29-12-19(25)22-16-4-3-5-18(11-16)30(21,27)28/h3-11H,12H2,1-2H3,(H,22,25)(H2,21,27,28). The third-order valence-electron chi connectivity index (χ3n) is 4.14. The van der Waals surface area contributed by atoms with Gasteiger partial charge in [0.15, 0.2) is 6.61 Å². The van der Waals surface area contributed by atoms with Gasteiger partial charge in [0.1, 0.15) is 0 Å². The van der Waals surface area contributed by atoms with Gasteiger partial charge < -0.3 is 10.1 Å². The number of aromatic nitrogens is 2. The number of amides is 1. The number of primary sulfonamides is 1. The maximum absolute atomic E-state index is 12.2. The Morgan fingerprint density at radius 3 is 2.40 bits per heavy atom. The van der Waals surface area contributed by atoms with Crippen molar-refractivity contribution in [2.45, 2.75) is 18.7 Å². The monoisotopic (exact) mass is 428 g/mol. The Morgan fingerprint density at radius 2 is 1.80 bits per heavy atom. The molecule has 9 nitrogen and oxygen atoms in total. The lowest BCUT2D eigenvalue weighted by Gasteiger charge is -2.08. The van der Waals surface area contributed by atoms with Gasteiger partial charge >= 0.3 is 5.97 Å². The highest BCUT2D eigenvalue weighted by atomic mass is 32.2. The van der Waals surface area contributed by atoms with Crippen LogP contribution in [0.25, 0.3) is 5.69 Å². The summed E-state index contributed by atoms with van der Waals surface area (Å²) in [6.07, 6.45) is 0. The Kier molecular flexibility index (Phi) is 5.99. The molecule has 3 rings (SSSR count). The number of sulfonamides is 1. The van der Waals surface area contributed by atoms with Crippen LogP contribution in [0.1, 0.15) is 21.7 Å². The van der Waals surface area contributed by atoms with Crippen molar-refractivity contribution in [2.75, 3.05) is 11.9 Å². The van der Waals surface area contributed by atoms with Gasteiger partial charge in [-0.1, -0.05) is 6.07 Å². The average molecular weight is 428 g/mol. The van der Waals surface area contributed by atoms with Crippen molar-refractivity contribution < 1.29 is 22.7 Å². The molecule has 0 aliphatic carbocycles. The zero-order valence-electron chi connectivity index (χ0n) is 16.3. The Hall–Kier alpha value is -3.50. The summed E-state index contributed by atoms with van der Waals surface area (Å²) < 4.78 is 29.5. The van der Waals surface area contributed by atoms with E-state index in [1.165, 1.54) is 24.3 Å². The highest BCUT2D eigenvalue weighted by molar-refractivity contribution is 7.89. The molecule has 1 heterocycles. The molecule has 0 radical (unpaired) electrons. The fourth-order valence-electron chi connectivity index (χ4n) is 2.79. The summed E-state index contributed by atoms with van der Waals surface area (Å²) in [5, 5.41) is 11.9. The van der Waals surface area contributed by atoms with Crippen molar-refractivity contribution in [3.05, 3.63) is 71.5 Å². The first-order valence-corrected chi connectivity index (χ1v) is 10.4. The molecule has 0 atom stereocenters. The number of rotatable bonds is 6. The number of esters is 1. The molecule has 1 amide bonds. The topological polar surface area (TPSA) is 133 Å². The second-order valence-corrected chi connectivity index (χ2v) is 8.14. The fourth-order valence-corrected chi connectivity index (χ4v) is 3.35. The van der Waals surface area contributed by atoms with Crippen LogP contribution >= 0.6 is 0 Å². The van der Waals surface area contributed by atoms with Crippen molar-refractivity contribution in [3.63, 3.8) is 0 Å². The highest BCUT2D eigenvalue weighted by Crippen LogP contribution is 2.15. The van der Waals surface area contributed by atoms with Crippen molar-refractivity contribution in [1.29, 1.82) is 0 Å². The first-order chi connectivity index (χ1) is 14.1. The third kappa shape index (κ3) is 5.10. The van der Waals surface area contributed by atoms with Gasteiger partial charge in [0.05, 0.1) is 21.8 Å². The molecule has 0 spiro atoms. The van der Waals surface area contributed by atoms with Gasteiger partial charge in [-0.3, -0.25) is 4.79 Å². The third-order valence-corrected chi connectivity index (χ3v) is 5.05. The van der Waals surface area contributed by atoms with Crippen LogP contribution in [0.2, 0.25) is 0 Å². The lowest BCUT2D eigenvalue weighted by molar-refractivity contribution is -0.119. The molecule has 3 aromatic rings. The minimum absolute atomic E-state index is 0.139. The Morgan fingerprint density at radius 1 is 1.10 bits per heavy atom. The lowest BCUT2D eigenvalue weighted by Crippen LogP contribution is -2.21. The molecule has 2 aromatic carbocycles. The van der Waals surface area contributed by atoms with Crippen LogP contribution in [-0.2, 0) is 19.6 Å². The van der Waals surface area contributed by atoms with E-state index in [9.17, 15) is 18.0 Å². The first-order valence-electron chi connectivity index (χ1n) is 8.87. The highest BCUT2D eigenvalue weighted by Gasteiger charge is 2.13. The lowest BCUT2D eigenvalue weighted by atomic mass is 10.2. The number of hydrogen-bond donors (Lipinski definition) is 2. The van der Waals surface area contributed by atoms with Crippen LogP contribution in [-0.4, -0.2) is 36.7 Å². The summed E-state index contributed by atoms with van der Waals surface area (Å²) in [7, 11) is -3.89. The summed E-state index contributed by atoms with van der Waals surface area (Å²) in [6, 6.07) is 14.0. The predicted octanol–water partition coefficient (Wildman–Crippen LogP) is 1.93. The SMILES string of the molecule is Cc1cc(C)n(-c2ccc(C(=O)OCC(=O)Nc3cccc(S(N)(=O)=O)c3)cc2)n1. The Balaban J connectivity index is 1.59. The number of nitrogens with zero attached hydrogens (tertiary/aromatic N) is 2. The van der Waals surface area contributed by atoms with Crippen LogP contribution in [0.15, 0.2) is 59.5 Å². The second kappa shape index (κ2) is 8.47. The van der Waals surface area contributed by atoms with Gasteiger partial charge in [-0.15, -0.1) is 0 Å². The zero-order chi connectivity index (χ0) is 21.9. The van der Waals surface area contributed by atoms with Gasteiger partial charge in [-0.05, 0) is 62.4 Å². The molecule has 10 heteroatoms.